The fraction of sp³-hybridized carbons (Fsp3) is 0.250. The maximum Gasteiger partial charge on any atom is 0.253 e. The largest absolute Gasteiger partial charge is 0.497 e. The summed E-state index contributed by atoms with van der Waals surface area (Å²) in [6, 6.07) is 23.5. The van der Waals surface area contributed by atoms with Crippen molar-refractivity contribution in [3.63, 3.8) is 0 Å². The Morgan fingerprint density at radius 2 is 1.67 bits per heavy atom. The van der Waals surface area contributed by atoms with E-state index in [9.17, 15) is 4.79 Å². The van der Waals surface area contributed by atoms with Crippen LogP contribution >= 0.6 is 0 Å². The standard InChI is InChI=1S/C28H30N6O2/c1-36-22-12-10-21(11-13-22)34-18-16-33(17-19-34)15-14-29-28(35)24-7-3-5-9-26(24)32-27-23-6-2-4-8-25(23)30-20-31-27/h2-13,20H,14-19H2,1H3,(H,29,35)(H,30,31,32). The predicted molar refractivity (Wildman–Crippen MR) is 143 cm³/mol. The molecule has 184 valence electrons. The number of nitrogens with zero attached hydrogens (tertiary/aromatic N) is 4. The number of hydrogen-bond donors (Lipinski definition) is 2. The van der Waals surface area contributed by atoms with Crippen molar-refractivity contribution >= 4 is 34.0 Å². The van der Waals surface area contributed by atoms with E-state index >= 15 is 0 Å². The number of hydrogen-bond acceptors (Lipinski definition) is 7. The van der Waals surface area contributed by atoms with Crippen molar-refractivity contribution in [1.82, 2.24) is 20.2 Å². The van der Waals surface area contributed by atoms with Crippen molar-refractivity contribution in [3.05, 3.63) is 84.7 Å². The minimum absolute atomic E-state index is 0.103. The highest BCUT2D eigenvalue weighted by Crippen LogP contribution is 2.25. The Balaban J connectivity index is 1.15. The maximum absolute atomic E-state index is 13.0. The number of nitrogens with one attached hydrogen (secondary N) is 2. The minimum Gasteiger partial charge on any atom is -0.497 e. The van der Waals surface area contributed by atoms with E-state index in [-0.39, 0.29) is 5.91 Å². The molecule has 0 unspecified atom stereocenters. The molecule has 0 saturated carbocycles. The lowest BCUT2D eigenvalue weighted by molar-refractivity contribution is 0.0948. The van der Waals surface area contributed by atoms with Gasteiger partial charge in [0.25, 0.3) is 5.91 Å². The Kier molecular flexibility index (Phi) is 7.23. The van der Waals surface area contributed by atoms with Crippen molar-refractivity contribution in [3.8, 4) is 5.75 Å². The molecule has 1 aromatic heterocycles. The second-order valence-electron chi connectivity index (χ2n) is 8.69. The van der Waals surface area contributed by atoms with Gasteiger partial charge in [0.2, 0.25) is 0 Å². The maximum atomic E-state index is 13.0. The lowest BCUT2D eigenvalue weighted by Gasteiger charge is -2.36. The lowest BCUT2D eigenvalue weighted by Crippen LogP contribution is -2.48. The molecule has 8 nitrogen and oxygen atoms in total. The number of ether oxygens (including phenoxy) is 1. The molecule has 2 N–H and O–H groups in total. The summed E-state index contributed by atoms with van der Waals surface area (Å²) in [5, 5.41) is 7.32. The van der Waals surface area contributed by atoms with Crippen molar-refractivity contribution in [2.75, 3.05) is 56.6 Å². The Hall–Kier alpha value is -4.17. The average molecular weight is 483 g/mol. The molecule has 2 heterocycles. The Morgan fingerprint density at radius 1 is 0.917 bits per heavy atom. The van der Waals surface area contributed by atoms with Crippen LogP contribution in [0.25, 0.3) is 10.9 Å². The van der Waals surface area contributed by atoms with Gasteiger partial charge in [-0.1, -0.05) is 24.3 Å². The van der Waals surface area contributed by atoms with Gasteiger partial charge in [-0.3, -0.25) is 9.69 Å². The first-order valence-electron chi connectivity index (χ1n) is 12.2. The van der Waals surface area contributed by atoms with Gasteiger partial charge in [0.15, 0.2) is 0 Å². The Labute approximate surface area is 210 Å². The average Bonchev–Trinajstić information content (AvgIpc) is 2.94. The van der Waals surface area contributed by atoms with Crippen molar-refractivity contribution in [1.29, 1.82) is 0 Å². The molecule has 8 heteroatoms. The van der Waals surface area contributed by atoms with Gasteiger partial charge in [0.1, 0.15) is 17.9 Å². The molecular formula is C28H30N6O2. The van der Waals surface area contributed by atoms with Crippen LogP contribution in [0.2, 0.25) is 0 Å². The third-order valence-electron chi connectivity index (χ3n) is 6.49. The van der Waals surface area contributed by atoms with Crippen LogP contribution in [0.15, 0.2) is 79.1 Å². The van der Waals surface area contributed by atoms with E-state index in [1.54, 1.807) is 7.11 Å². The third kappa shape index (κ3) is 5.39. The smallest absolute Gasteiger partial charge is 0.253 e. The van der Waals surface area contributed by atoms with Crippen molar-refractivity contribution < 1.29 is 9.53 Å². The van der Waals surface area contributed by atoms with Crippen molar-refractivity contribution in [2.24, 2.45) is 0 Å². The molecule has 0 spiro atoms. The number of aromatic nitrogens is 2. The number of benzene rings is 3. The molecule has 5 rings (SSSR count). The second kappa shape index (κ2) is 11.0. The van der Waals surface area contributed by atoms with E-state index < -0.39 is 0 Å². The van der Waals surface area contributed by atoms with Gasteiger partial charge in [-0.15, -0.1) is 0 Å². The summed E-state index contributed by atoms with van der Waals surface area (Å²) in [7, 11) is 1.68. The molecule has 3 aromatic carbocycles. The molecule has 1 saturated heterocycles. The van der Waals surface area contributed by atoms with E-state index in [4.69, 9.17) is 4.74 Å². The van der Waals surface area contributed by atoms with Crippen LogP contribution in [-0.2, 0) is 0 Å². The van der Waals surface area contributed by atoms with Crippen LogP contribution in [0.4, 0.5) is 17.2 Å². The zero-order chi connectivity index (χ0) is 24.7. The number of carbonyl (C=O) groups excluding carboxylic acids is 1. The summed E-state index contributed by atoms with van der Waals surface area (Å²) in [6.45, 7) is 5.24. The summed E-state index contributed by atoms with van der Waals surface area (Å²) in [5.74, 6) is 1.44. The first-order valence-corrected chi connectivity index (χ1v) is 12.2. The first-order chi connectivity index (χ1) is 17.7. The molecule has 0 aliphatic carbocycles. The number of piperazine rings is 1. The van der Waals surface area contributed by atoms with Crippen LogP contribution in [0, 0.1) is 0 Å². The summed E-state index contributed by atoms with van der Waals surface area (Å²) in [4.78, 5) is 26.5. The SMILES string of the molecule is COc1ccc(N2CCN(CCNC(=O)c3ccccc3Nc3ncnc4ccccc34)CC2)cc1. The Bertz CT molecular complexity index is 1310. The van der Waals surface area contributed by atoms with Crippen LogP contribution < -0.4 is 20.3 Å². The summed E-state index contributed by atoms with van der Waals surface area (Å²) < 4.78 is 5.25. The second-order valence-corrected chi connectivity index (χ2v) is 8.69. The quantitative estimate of drug-likeness (QED) is 0.394. The highest BCUT2D eigenvalue weighted by molar-refractivity contribution is 6.01. The van der Waals surface area contributed by atoms with Crippen molar-refractivity contribution in [2.45, 2.75) is 0 Å². The van der Waals surface area contributed by atoms with Gasteiger partial charge in [-0.25, -0.2) is 9.97 Å². The lowest BCUT2D eigenvalue weighted by atomic mass is 10.1. The molecule has 0 atom stereocenters. The highest BCUT2D eigenvalue weighted by atomic mass is 16.5. The van der Waals surface area contributed by atoms with Crippen LogP contribution in [0.3, 0.4) is 0 Å². The van der Waals surface area contributed by atoms with Crippen LogP contribution in [-0.4, -0.2) is 67.2 Å². The van der Waals surface area contributed by atoms with E-state index in [1.807, 2.05) is 60.7 Å². The molecule has 0 radical (unpaired) electrons. The zero-order valence-electron chi connectivity index (χ0n) is 20.4. The van der Waals surface area contributed by atoms with E-state index in [2.05, 4.69) is 42.5 Å². The van der Waals surface area contributed by atoms with E-state index in [0.717, 1.165) is 49.4 Å². The van der Waals surface area contributed by atoms with Gasteiger partial charge in [0.05, 0.1) is 23.9 Å². The molecule has 1 fully saturated rings. The number of rotatable bonds is 8. The number of fused-ring (bicyclic) bond motifs is 1. The number of amides is 1. The zero-order valence-corrected chi connectivity index (χ0v) is 20.4. The number of para-hydroxylation sites is 2. The normalized spacial score (nSPS) is 14.0. The predicted octanol–water partition coefficient (Wildman–Crippen LogP) is 3.93. The first kappa shape index (κ1) is 23.6. The molecule has 1 amide bonds. The topological polar surface area (TPSA) is 82.6 Å². The fourth-order valence-corrected chi connectivity index (χ4v) is 4.47. The molecule has 4 aromatic rings. The van der Waals surface area contributed by atoms with Crippen LogP contribution in [0.5, 0.6) is 5.75 Å². The van der Waals surface area contributed by atoms with Gasteiger partial charge < -0.3 is 20.3 Å². The van der Waals surface area contributed by atoms with Gasteiger partial charge in [-0.05, 0) is 48.5 Å². The summed E-state index contributed by atoms with van der Waals surface area (Å²) in [5.41, 5.74) is 3.37. The molecule has 1 aliphatic heterocycles. The highest BCUT2D eigenvalue weighted by Gasteiger charge is 2.18. The van der Waals surface area contributed by atoms with Gasteiger partial charge in [0, 0.05) is 50.3 Å². The van der Waals surface area contributed by atoms with E-state index in [1.165, 1.54) is 12.0 Å². The summed E-state index contributed by atoms with van der Waals surface area (Å²) >= 11 is 0. The number of anilines is 3. The molecule has 1 aliphatic rings. The van der Waals surface area contributed by atoms with Gasteiger partial charge in [-0.2, -0.15) is 0 Å². The molecule has 0 bridgehead atoms. The number of carbonyl (C=O) groups is 1. The van der Waals surface area contributed by atoms with E-state index in [0.29, 0.717) is 23.6 Å². The Morgan fingerprint density at radius 3 is 2.47 bits per heavy atom. The molecular weight excluding hydrogens is 452 g/mol. The minimum atomic E-state index is -0.103. The monoisotopic (exact) mass is 482 g/mol. The van der Waals surface area contributed by atoms with Gasteiger partial charge >= 0.3 is 0 Å². The molecule has 36 heavy (non-hydrogen) atoms. The third-order valence-corrected chi connectivity index (χ3v) is 6.49. The fourth-order valence-electron chi connectivity index (χ4n) is 4.47. The van der Waals surface area contributed by atoms with Crippen LogP contribution in [0.1, 0.15) is 10.4 Å². The number of methoxy groups -OCH3 is 1. The summed E-state index contributed by atoms with van der Waals surface area (Å²) in [6.07, 6.45) is 1.53.